The van der Waals surface area contributed by atoms with Gasteiger partial charge in [-0.2, -0.15) is 0 Å². The second-order valence-corrected chi connectivity index (χ2v) is 7.91. The van der Waals surface area contributed by atoms with E-state index >= 15 is 0 Å². The minimum atomic E-state index is 0.785. The number of rotatable bonds is 5. The van der Waals surface area contributed by atoms with E-state index in [1.54, 1.807) is 5.57 Å². The maximum atomic E-state index is 4.55. The maximum absolute atomic E-state index is 4.55. The molecule has 1 N–H and O–H groups in total. The van der Waals surface area contributed by atoms with Crippen LogP contribution in [0.2, 0.25) is 0 Å². The van der Waals surface area contributed by atoms with Crippen LogP contribution >= 0.6 is 0 Å². The van der Waals surface area contributed by atoms with Crippen LogP contribution in [0.3, 0.4) is 0 Å². The lowest BCUT2D eigenvalue weighted by Crippen LogP contribution is -2.47. The zero-order valence-corrected chi connectivity index (χ0v) is 17.2. The van der Waals surface area contributed by atoms with E-state index in [2.05, 4.69) is 63.4 Å². The van der Waals surface area contributed by atoms with Crippen LogP contribution in [0, 0.1) is 5.92 Å². The van der Waals surface area contributed by atoms with Crippen LogP contribution in [-0.2, 0) is 0 Å². The summed E-state index contributed by atoms with van der Waals surface area (Å²) in [6.45, 7) is 9.24. The van der Waals surface area contributed by atoms with Crippen molar-refractivity contribution in [2.24, 2.45) is 10.9 Å². The van der Waals surface area contributed by atoms with Crippen LogP contribution in [0.25, 0.3) is 6.08 Å². The summed E-state index contributed by atoms with van der Waals surface area (Å²) in [6.07, 6.45) is 8.51. The fourth-order valence-corrected chi connectivity index (χ4v) is 4.23. The van der Waals surface area contributed by atoms with E-state index < -0.39 is 0 Å². The topological polar surface area (TPSA) is 30.9 Å². The van der Waals surface area contributed by atoms with Gasteiger partial charge in [0.2, 0.25) is 0 Å². The van der Waals surface area contributed by atoms with Gasteiger partial charge in [-0.05, 0) is 63.2 Å². The Hall–Kier alpha value is -1.81. The molecule has 27 heavy (non-hydrogen) atoms. The van der Waals surface area contributed by atoms with Crippen LogP contribution in [0.1, 0.15) is 44.6 Å². The molecule has 0 aromatic heterocycles. The van der Waals surface area contributed by atoms with Crippen molar-refractivity contribution < 1.29 is 0 Å². The molecule has 4 heteroatoms. The van der Waals surface area contributed by atoms with Gasteiger partial charge >= 0.3 is 0 Å². The highest BCUT2D eigenvalue weighted by atomic mass is 15.3. The smallest absolute Gasteiger partial charge is 0.193 e. The summed E-state index contributed by atoms with van der Waals surface area (Å²) in [6, 6.07) is 10.7. The number of likely N-dealkylation sites (tertiary alicyclic amines) is 2. The highest BCUT2D eigenvalue weighted by Gasteiger charge is 2.21. The van der Waals surface area contributed by atoms with Gasteiger partial charge < -0.3 is 15.1 Å². The fraction of sp³-hybridized carbons (Fsp3) is 0.609. The van der Waals surface area contributed by atoms with Crippen molar-refractivity contribution in [2.75, 3.05) is 46.3 Å². The third-order valence-electron chi connectivity index (χ3n) is 5.88. The molecule has 2 heterocycles. The molecule has 0 amide bonds. The Balaban J connectivity index is 1.42. The van der Waals surface area contributed by atoms with Crippen LogP contribution in [-0.4, -0.2) is 62.1 Å². The van der Waals surface area contributed by atoms with E-state index in [1.165, 1.54) is 44.5 Å². The molecule has 0 spiro atoms. The molecule has 0 saturated carbocycles. The van der Waals surface area contributed by atoms with E-state index in [9.17, 15) is 0 Å². The predicted molar refractivity (Wildman–Crippen MR) is 116 cm³/mol. The lowest BCUT2D eigenvalue weighted by atomic mass is 9.96. The Labute approximate surface area is 165 Å². The number of benzene rings is 1. The van der Waals surface area contributed by atoms with Crippen molar-refractivity contribution >= 4 is 12.0 Å². The largest absolute Gasteiger partial charge is 0.356 e. The first kappa shape index (κ1) is 19.9. The second kappa shape index (κ2) is 10.5. The average Bonchev–Trinajstić information content (AvgIpc) is 2.72. The first-order valence-corrected chi connectivity index (χ1v) is 10.7. The summed E-state index contributed by atoms with van der Waals surface area (Å²) in [4.78, 5) is 9.58. The van der Waals surface area contributed by atoms with Crippen molar-refractivity contribution in [3.8, 4) is 0 Å². The molecule has 4 nitrogen and oxygen atoms in total. The number of nitrogens with one attached hydrogen (secondary N) is 1. The zero-order valence-electron chi connectivity index (χ0n) is 17.2. The molecule has 1 aromatic rings. The van der Waals surface area contributed by atoms with Gasteiger partial charge in [-0.25, -0.2) is 0 Å². The Morgan fingerprint density at radius 2 is 1.81 bits per heavy atom. The van der Waals surface area contributed by atoms with Crippen molar-refractivity contribution in [1.29, 1.82) is 0 Å². The number of guanidine groups is 1. The summed E-state index contributed by atoms with van der Waals surface area (Å²) in [5.74, 6) is 1.87. The van der Waals surface area contributed by atoms with Gasteiger partial charge in [-0.3, -0.25) is 4.99 Å². The van der Waals surface area contributed by atoms with Gasteiger partial charge in [-0.15, -0.1) is 0 Å². The molecule has 2 fully saturated rings. The first-order valence-electron chi connectivity index (χ1n) is 10.7. The molecule has 0 atom stereocenters. The number of aliphatic imine (C=N–C) groups is 1. The summed E-state index contributed by atoms with van der Waals surface area (Å²) in [7, 11) is 1.92. The Morgan fingerprint density at radius 1 is 1.11 bits per heavy atom. The summed E-state index contributed by atoms with van der Waals surface area (Å²) in [5.41, 5.74) is 2.87. The molecule has 0 bridgehead atoms. The fourth-order valence-electron chi connectivity index (χ4n) is 4.23. The molecule has 148 valence electrons. The average molecular weight is 369 g/mol. The number of hydrogen-bond donors (Lipinski definition) is 1. The van der Waals surface area contributed by atoms with Gasteiger partial charge in [0.1, 0.15) is 0 Å². The number of nitrogens with zero attached hydrogens (tertiary/aromatic N) is 3. The molecule has 0 unspecified atom stereocenters. The molecule has 2 saturated heterocycles. The van der Waals surface area contributed by atoms with Gasteiger partial charge in [0.25, 0.3) is 0 Å². The Kier molecular flexibility index (Phi) is 7.76. The minimum absolute atomic E-state index is 0.785. The van der Waals surface area contributed by atoms with Gasteiger partial charge in [0.15, 0.2) is 5.96 Å². The van der Waals surface area contributed by atoms with Crippen molar-refractivity contribution in [3.05, 3.63) is 41.5 Å². The second-order valence-electron chi connectivity index (χ2n) is 7.91. The van der Waals surface area contributed by atoms with Crippen molar-refractivity contribution in [1.82, 2.24) is 15.1 Å². The molecule has 3 rings (SSSR count). The molecule has 0 aliphatic carbocycles. The normalized spacial score (nSPS) is 20.0. The van der Waals surface area contributed by atoms with E-state index in [-0.39, 0.29) is 0 Å². The quantitative estimate of drug-likeness (QED) is 0.632. The van der Waals surface area contributed by atoms with Crippen LogP contribution in [0.15, 0.2) is 40.9 Å². The van der Waals surface area contributed by atoms with Gasteiger partial charge in [-0.1, -0.05) is 48.9 Å². The zero-order chi connectivity index (χ0) is 18.9. The lowest BCUT2D eigenvalue weighted by molar-refractivity contribution is 0.184. The van der Waals surface area contributed by atoms with Crippen LogP contribution in [0.4, 0.5) is 0 Å². The highest BCUT2D eigenvalue weighted by Crippen LogP contribution is 2.20. The Morgan fingerprint density at radius 3 is 2.44 bits per heavy atom. The molecular weight excluding hydrogens is 332 g/mol. The van der Waals surface area contributed by atoms with E-state index in [0.717, 1.165) is 44.4 Å². The summed E-state index contributed by atoms with van der Waals surface area (Å²) >= 11 is 0. The standard InChI is InChI=1S/C23H36N4/c1-3-13-26-14-9-22(10-15-26)19-25-23(24-2)27-16-11-21(12-17-27)18-20-7-5-4-6-8-20/h4-8,18,22H,3,9-17,19H2,1-2H3,(H,24,25). The monoisotopic (exact) mass is 368 g/mol. The van der Waals surface area contributed by atoms with Crippen molar-refractivity contribution in [2.45, 2.75) is 39.0 Å². The number of piperidine rings is 2. The minimum Gasteiger partial charge on any atom is -0.356 e. The van der Waals surface area contributed by atoms with Crippen molar-refractivity contribution in [3.63, 3.8) is 0 Å². The molecule has 2 aliphatic rings. The molecule has 2 aliphatic heterocycles. The third-order valence-corrected chi connectivity index (χ3v) is 5.88. The third kappa shape index (κ3) is 6.10. The van der Waals surface area contributed by atoms with E-state index in [0.29, 0.717) is 0 Å². The lowest BCUT2D eigenvalue weighted by Gasteiger charge is -2.34. The SMILES string of the molecule is CCCN1CCC(CNC(=NC)N2CCC(=Cc3ccccc3)CC2)CC1. The molecule has 0 radical (unpaired) electrons. The highest BCUT2D eigenvalue weighted by molar-refractivity contribution is 5.80. The van der Waals surface area contributed by atoms with Crippen LogP contribution < -0.4 is 5.32 Å². The first-order chi connectivity index (χ1) is 13.3. The maximum Gasteiger partial charge on any atom is 0.193 e. The molecule has 1 aromatic carbocycles. The van der Waals surface area contributed by atoms with E-state index in [1.807, 2.05) is 7.05 Å². The predicted octanol–water partition coefficient (Wildman–Crippen LogP) is 3.86. The van der Waals surface area contributed by atoms with Gasteiger partial charge in [0.05, 0.1) is 0 Å². The molecular formula is C23H36N4. The summed E-state index contributed by atoms with van der Waals surface area (Å²) < 4.78 is 0. The van der Waals surface area contributed by atoms with Crippen LogP contribution in [0.5, 0.6) is 0 Å². The van der Waals surface area contributed by atoms with E-state index in [4.69, 9.17) is 0 Å². The Bertz CT molecular complexity index is 605. The number of hydrogen-bond acceptors (Lipinski definition) is 2. The van der Waals surface area contributed by atoms with Gasteiger partial charge in [0, 0.05) is 26.7 Å². The summed E-state index contributed by atoms with van der Waals surface area (Å²) in [5, 5.41) is 3.66.